The third kappa shape index (κ3) is 3.40. The molecule has 4 bridgehead atoms. The molecular weight excluding hydrogens is 280 g/mol. The Morgan fingerprint density at radius 3 is 2.27 bits per heavy atom. The Morgan fingerprint density at radius 2 is 1.73 bits per heavy atom. The molecule has 0 aromatic rings. The van der Waals surface area contributed by atoms with Crippen LogP contribution in [0.15, 0.2) is 0 Å². The Kier molecular flexibility index (Phi) is 4.93. The van der Waals surface area contributed by atoms with Gasteiger partial charge in [0.05, 0.1) is 13.2 Å². The number of nitrogens with one attached hydrogen (secondary N) is 2. The molecule has 1 atom stereocenters. The Balaban J connectivity index is 1.45. The van der Waals surface area contributed by atoms with E-state index < -0.39 is 0 Å². The maximum Gasteiger partial charge on any atom is 0.316 e. The van der Waals surface area contributed by atoms with E-state index in [4.69, 9.17) is 9.47 Å². The predicted octanol–water partition coefficient (Wildman–Crippen LogP) is 2.51. The molecule has 4 aliphatic carbocycles. The molecule has 5 nitrogen and oxygen atoms in total. The van der Waals surface area contributed by atoms with Gasteiger partial charge in [-0.15, -0.1) is 0 Å². The number of hydrogen-bond donors (Lipinski definition) is 2. The zero-order valence-electron chi connectivity index (χ0n) is 13.9. The van der Waals surface area contributed by atoms with Gasteiger partial charge in [-0.2, -0.15) is 0 Å². The van der Waals surface area contributed by atoms with E-state index in [1.165, 1.54) is 38.5 Å². The molecule has 4 fully saturated rings. The van der Waals surface area contributed by atoms with Crippen molar-refractivity contribution in [3.63, 3.8) is 0 Å². The third-order valence-corrected chi connectivity index (χ3v) is 6.12. The number of ether oxygens (including phenoxy) is 2. The van der Waals surface area contributed by atoms with Crippen molar-refractivity contribution in [1.82, 2.24) is 10.6 Å². The summed E-state index contributed by atoms with van der Waals surface area (Å²) in [6, 6.07) is 0.139. The van der Waals surface area contributed by atoms with E-state index in [1.807, 2.05) is 0 Å². The van der Waals surface area contributed by atoms with Crippen molar-refractivity contribution in [3.05, 3.63) is 0 Å². The second-order valence-corrected chi connectivity index (χ2v) is 7.70. The lowest BCUT2D eigenvalue weighted by Crippen LogP contribution is -2.57. The van der Waals surface area contributed by atoms with Crippen molar-refractivity contribution in [1.29, 1.82) is 0 Å². The standard InChI is InChI=1S/C17H30N2O3/c1-12(19-16(20)18-11-22-4-3-21-2)17-8-13-5-14(9-17)7-15(6-13)10-17/h12-15H,3-11H2,1-2H3,(H2,18,19,20). The van der Waals surface area contributed by atoms with Crippen LogP contribution in [0.25, 0.3) is 0 Å². The minimum absolute atomic E-state index is 0.110. The number of carbonyl (C=O) groups excluding carboxylic acids is 1. The van der Waals surface area contributed by atoms with Crippen molar-refractivity contribution in [3.8, 4) is 0 Å². The molecule has 2 N–H and O–H groups in total. The number of carbonyl (C=O) groups is 1. The highest BCUT2D eigenvalue weighted by Gasteiger charge is 2.53. The van der Waals surface area contributed by atoms with Gasteiger partial charge in [-0.1, -0.05) is 0 Å². The molecule has 0 radical (unpaired) electrons. The average Bonchev–Trinajstić information content (AvgIpc) is 2.45. The lowest BCUT2D eigenvalue weighted by molar-refractivity contribution is -0.0683. The van der Waals surface area contributed by atoms with Crippen LogP contribution in [0.3, 0.4) is 0 Å². The summed E-state index contributed by atoms with van der Waals surface area (Å²) in [7, 11) is 1.64. The number of urea groups is 1. The van der Waals surface area contributed by atoms with Crippen LogP contribution >= 0.6 is 0 Å². The third-order valence-electron chi connectivity index (χ3n) is 6.12. The van der Waals surface area contributed by atoms with E-state index in [0.717, 1.165) is 17.8 Å². The summed E-state index contributed by atoms with van der Waals surface area (Å²) < 4.78 is 10.2. The normalized spacial score (nSPS) is 37.1. The maximum atomic E-state index is 12.0. The summed E-state index contributed by atoms with van der Waals surface area (Å²) in [5.74, 6) is 2.74. The van der Waals surface area contributed by atoms with Crippen molar-refractivity contribution in [2.24, 2.45) is 23.2 Å². The number of methoxy groups -OCH3 is 1. The van der Waals surface area contributed by atoms with E-state index in [2.05, 4.69) is 17.6 Å². The first-order chi connectivity index (χ1) is 10.6. The first-order valence-corrected chi connectivity index (χ1v) is 8.72. The highest BCUT2D eigenvalue weighted by molar-refractivity contribution is 5.74. The van der Waals surface area contributed by atoms with E-state index in [-0.39, 0.29) is 18.8 Å². The van der Waals surface area contributed by atoms with Crippen LogP contribution < -0.4 is 10.6 Å². The number of amides is 2. The summed E-state index contributed by atoms with van der Waals surface area (Å²) in [6.07, 6.45) is 8.24. The average molecular weight is 310 g/mol. The van der Waals surface area contributed by atoms with Crippen LogP contribution in [-0.4, -0.2) is 39.1 Å². The van der Waals surface area contributed by atoms with Gasteiger partial charge in [0.2, 0.25) is 0 Å². The smallest absolute Gasteiger partial charge is 0.316 e. The van der Waals surface area contributed by atoms with Crippen LogP contribution in [-0.2, 0) is 9.47 Å². The van der Waals surface area contributed by atoms with Gasteiger partial charge in [0, 0.05) is 13.2 Å². The van der Waals surface area contributed by atoms with Gasteiger partial charge in [0.25, 0.3) is 0 Å². The topological polar surface area (TPSA) is 59.6 Å². The maximum absolute atomic E-state index is 12.0. The Hall–Kier alpha value is -0.810. The Labute approximate surface area is 133 Å². The van der Waals surface area contributed by atoms with Crippen LogP contribution in [0.5, 0.6) is 0 Å². The monoisotopic (exact) mass is 310 g/mol. The second-order valence-electron chi connectivity index (χ2n) is 7.70. The van der Waals surface area contributed by atoms with Gasteiger partial charge in [-0.3, -0.25) is 0 Å². The van der Waals surface area contributed by atoms with Gasteiger partial charge in [0.15, 0.2) is 0 Å². The van der Waals surface area contributed by atoms with Crippen LogP contribution in [0.1, 0.15) is 45.4 Å². The molecule has 0 saturated heterocycles. The summed E-state index contributed by atoms with van der Waals surface area (Å²) in [6.45, 7) is 3.48. The summed E-state index contributed by atoms with van der Waals surface area (Å²) >= 11 is 0. The molecule has 126 valence electrons. The quantitative estimate of drug-likeness (QED) is 0.561. The van der Waals surface area contributed by atoms with Crippen molar-refractivity contribution >= 4 is 6.03 Å². The van der Waals surface area contributed by atoms with E-state index >= 15 is 0 Å². The van der Waals surface area contributed by atoms with Crippen LogP contribution in [0.4, 0.5) is 4.79 Å². The van der Waals surface area contributed by atoms with Gasteiger partial charge < -0.3 is 20.1 Å². The molecule has 4 aliphatic rings. The SMILES string of the molecule is COCCOCNC(=O)NC(C)C12CC3CC(CC(C3)C1)C2. The summed E-state index contributed by atoms with van der Waals surface area (Å²) in [5, 5.41) is 5.94. The highest BCUT2D eigenvalue weighted by atomic mass is 16.5. The minimum Gasteiger partial charge on any atom is -0.382 e. The Morgan fingerprint density at radius 1 is 1.14 bits per heavy atom. The predicted molar refractivity (Wildman–Crippen MR) is 84.4 cm³/mol. The van der Waals surface area contributed by atoms with Crippen molar-refractivity contribution in [2.75, 3.05) is 27.1 Å². The Bertz CT molecular complexity index is 364. The zero-order valence-corrected chi connectivity index (χ0v) is 13.9. The van der Waals surface area contributed by atoms with E-state index in [9.17, 15) is 4.79 Å². The number of rotatable bonds is 7. The molecule has 0 heterocycles. The summed E-state index contributed by atoms with van der Waals surface area (Å²) in [5.41, 5.74) is 0.350. The van der Waals surface area contributed by atoms with Crippen LogP contribution in [0.2, 0.25) is 0 Å². The summed E-state index contributed by atoms with van der Waals surface area (Å²) in [4.78, 5) is 12.0. The molecule has 4 saturated carbocycles. The molecule has 0 aliphatic heterocycles. The molecule has 0 aromatic heterocycles. The van der Waals surface area contributed by atoms with Crippen LogP contribution in [0, 0.1) is 23.2 Å². The van der Waals surface area contributed by atoms with E-state index in [1.54, 1.807) is 7.11 Å². The largest absolute Gasteiger partial charge is 0.382 e. The fraction of sp³-hybridized carbons (Fsp3) is 0.941. The highest BCUT2D eigenvalue weighted by Crippen LogP contribution is 2.61. The molecule has 5 heteroatoms. The fourth-order valence-corrected chi connectivity index (χ4v) is 5.44. The van der Waals surface area contributed by atoms with Gasteiger partial charge in [-0.25, -0.2) is 4.79 Å². The molecular formula is C17H30N2O3. The minimum atomic E-state index is -0.110. The first-order valence-electron chi connectivity index (χ1n) is 8.72. The van der Waals surface area contributed by atoms with Gasteiger partial charge in [0.1, 0.15) is 6.73 Å². The number of hydrogen-bond acceptors (Lipinski definition) is 3. The molecule has 22 heavy (non-hydrogen) atoms. The molecule has 0 spiro atoms. The second kappa shape index (κ2) is 6.75. The molecule has 0 aromatic carbocycles. The fourth-order valence-electron chi connectivity index (χ4n) is 5.44. The molecule has 2 amide bonds. The zero-order chi connectivity index (χ0) is 15.6. The van der Waals surface area contributed by atoms with Crippen molar-refractivity contribution in [2.45, 2.75) is 51.5 Å². The lowest BCUT2D eigenvalue weighted by atomic mass is 9.48. The van der Waals surface area contributed by atoms with Gasteiger partial charge >= 0.3 is 6.03 Å². The first kappa shape index (κ1) is 16.1. The molecule has 4 rings (SSSR count). The van der Waals surface area contributed by atoms with E-state index in [0.29, 0.717) is 18.6 Å². The molecule has 1 unspecified atom stereocenters. The van der Waals surface area contributed by atoms with Gasteiger partial charge in [-0.05, 0) is 68.6 Å². The lowest BCUT2D eigenvalue weighted by Gasteiger charge is -2.59. The van der Waals surface area contributed by atoms with Crippen molar-refractivity contribution < 1.29 is 14.3 Å².